The first-order valence-corrected chi connectivity index (χ1v) is 9.73. The lowest BCUT2D eigenvalue weighted by atomic mass is 10.1. The van der Waals surface area contributed by atoms with Crippen molar-refractivity contribution in [3.63, 3.8) is 0 Å². The van der Waals surface area contributed by atoms with Crippen LogP contribution < -0.4 is 9.47 Å². The fourth-order valence-electron chi connectivity index (χ4n) is 2.96. The molecule has 2 aromatic rings. The van der Waals surface area contributed by atoms with Gasteiger partial charge in [-0.15, -0.1) is 0 Å². The normalized spacial score (nSPS) is 11.7. The third-order valence-electron chi connectivity index (χ3n) is 4.30. The number of allylic oxidation sites excluding steroid dienone is 1. The summed E-state index contributed by atoms with van der Waals surface area (Å²) < 4.78 is 17.3. The fraction of sp³-hybridized carbons (Fsp3) is 0.375. The van der Waals surface area contributed by atoms with Crippen LogP contribution in [-0.4, -0.2) is 26.2 Å². The topological polar surface area (TPSA) is 49.3 Å². The summed E-state index contributed by atoms with van der Waals surface area (Å²) in [6.07, 6.45) is 4.72. The average molecular weight is 398 g/mol. The Balaban J connectivity index is 1.82. The molecular formula is C24H31NO4. The lowest BCUT2D eigenvalue weighted by Crippen LogP contribution is -2.06. The minimum Gasteiger partial charge on any atom is -0.490 e. The molecule has 0 bridgehead atoms. The molecule has 0 aliphatic carbocycles. The Kier molecular flexibility index (Phi) is 9.25. The number of ether oxygens (including phenoxy) is 3. The van der Waals surface area contributed by atoms with Crippen LogP contribution >= 0.6 is 0 Å². The monoisotopic (exact) mass is 397 g/mol. The van der Waals surface area contributed by atoms with Gasteiger partial charge in [0.05, 0.1) is 12.3 Å². The maximum atomic E-state index is 5.85. The Morgan fingerprint density at radius 2 is 1.66 bits per heavy atom. The molecule has 0 saturated carbocycles. The van der Waals surface area contributed by atoms with Crippen LogP contribution in [0.1, 0.15) is 36.1 Å². The van der Waals surface area contributed by atoms with Gasteiger partial charge in [0.15, 0.2) is 6.79 Å². The second-order valence-electron chi connectivity index (χ2n) is 6.88. The Labute approximate surface area is 173 Å². The number of aryl methyl sites for hydroxylation is 2. The van der Waals surface area contributed by atoms with E-state index in [1.54, 1.807) is 7.11 Å². The summed E-state index contributed by atoms with van der Waals surface area (Å²) in [4.78, 5) is 4.79. The highest BCUT2D eigenvalue weighted by Crippen LogP contribution is 2.28. The molecule has 0 amide bonds. The van der Waals surface area contributed by atoms with E-state index in [0.717, 1.165) is 40.3 Å². The van der Waals surface area contributed by atoms with E-state index in [2.05, 4.69) is 29.4 Å². The van der Waals surface area contributed by atoms with E-state index in [4.69, 9.17) is 19.0 Å². The molecule has 0 aromatic heterocycles. The van der Waals surface area contributed by atoms with E-state index in [-0.39, 0.29) is 6.79 Å². The number of hydrogen-bond donors (Lipinski definition) is 0. The highest BCUT2D eigenvalue weighted by Gasteiger charge is 2.07. The Bertz CT molecular complexity index is 802. The second-order valence-corrected chi connectivity index (χ2v) is 6.88. The van der Waals surface area contributed by atoms with Gasteiger partial charge in [0.1, 0.15) is 25.2 Å². The molecule has 0 saturated heterocycles. The van der Waals surface area contributed by atoms with Crippen molar-refractivity contribution >= 4 is 5.71 Å². The number of benzene rings is 2. The molecule has 0 heterocycles. The van der Waals surface area contributed by atoms with Crippen LogP contribution in [-0.2, 0) is 22.6 Å². The molecule has 156 valence electrons. The molecule has 0 radical (unpaired) electrons. The van der Waals surface area contributed by atoms with Crippen molar-refractivity contribution in [2.24, 2.45) is 5.16 Å². The molecule has 0 spiro atoms. The van der Waals surface area contributed by atoms with Crippen LogP contribution in [0.5, 0.6) is 11.5 Å². The van der Waals surface area contributed by atoms with Crippen LogP contribution in [0.15, 0.2) is 53.7 Å². The first kappa shape index (κ1) is 22.5. The van der Waals surface area contributed by atoms with Crippen molar-refractivity contribution in [1.82, 2.24) is 0 Å². The largest absolute Gasteiger partial charge is 0.490 e. The molecule has 2 aromatic carbocycles. The molecule has 0 atom stereocenters. The zero-order chi connectivity index (χ0) is 21.1. The maximum absolute atomic E-state index is 5.85. The lowest BCUT2D eigenvalue weighted by molar-refractivity contribution is 0.00427. The van der Waals surface area contributed by atoms with Crippen LogP contribution in [0.3, 0.4) is 0 Å². The van der Waals surface area contributed by atoms with Crippen LogP contribution in [0, 0.1) is 13.8 Å². The van der Waals surface area contributed by atoms with Gasteiger partial charge in [-0.1, -0.05) is 41.6 Å². The molecule has 0 aliphatic rings. The maximum Gasteiger partial charge on any atom is 0.189 e. The third-order valence-corrected chi connectivity index (χ3v) is 4.30. The number of hydrogen-bond acceptors (Lipinski definition) is 5. The minimum atomic E-state index is 0.196. The van der Waals surface area contributed by atoms with Crippen molar-refractivity contribution < 1.29 is 19.0 Å². The lowest BCUT2D eigenvalue weighted by Gasteiger charge is -2.14. The van der Waals surface area contributed by atoms with Crippen molar-refractivity contribution in [3.8, 4) is 11.5 Å². The summed E-state index contributed by atoms with van der Waals surface area (Å²) in [6.45, 7) is 9.20. The van der Waals surface area contributed by atoms with E-state index in [0.29, 0.717) is 13.2 Å². The SMILES string of the molecule is C/C=C/COc1cc(C)c(OCOCc2ccc(C/C(C)=N/OC)cc2)c(C)c1. The summed E-state index contributed by atoms with van der Waals surface area (Å²) >= 11 is 0. The minimum absolute atomic E-state index is 0.196. The fourth-order valence-corrected chi connectivity index (χ4v) is 2.96. The Morgan fingerprint density at radius 3 is 2.28 bits per heavy atom. The summed E-state index contributed by atoms with van der Waals surface area (Å²) in [6, 6.07) is 12.2. The standard InChI is InChI=1S/C24H31NO4/c1-6-7-12-28-23-13-18(2)24(19(3)14-23)29-17-27-16-22-10-8-21(9-11-22)15-20(4)25-26-5/h6-11,13-14H,12,15-17H2,1-5H3/b7-6+,25-20+. The quantitative estimate of drug-likeness (QED) is 0.168. The van der Waals surface area contributed by atoms with E-state index < -0.39 is 0 Å². The van der Waals surface area contributed by atoms with Gasteiger partial charge in [-0.2, -0.15) is 0 Å². The zero-order valence-corrected chi connectivity index (χ0v) is 18.0. The molecule has 2 rings (SSSR count). The van der Waals surface area contributed by atoms with E-state index in [9.17, 15) is 0 Å². The van der Waals surface area contributed by atoms with Gasteiger partial charge in [-0.05, 0) is 62.1 Å². The predicted molar refractivity (Wildman–Crippen MR) is 117 cm³/mol. The van der Waals surface area contributed by atoms with Crippen LogP contribution in [0.4, 0.5) is 0 Å². The van der Waals surface area contributed by atoms with Gasteiger partial charge < -0.3 is 19.0 Å². The highest BCUT2D eigenvalue weighted by atomic mass is 16.7. The summed E-state index contributed by atoms with van der Waals surface area (Å²) in [5.74, 6) is 1.68. The van der Waals surface area contributed by atoms with Crippen LogP contribution in [0.25, 0.3) is 0 Å². The predicted octanol–water partition coefficient (Wildman–Crippen LogP) is 5.38. The summed E-state index contributed by atoms with van der Waals surface area (Å²) in [5.41, 5.74) is 5.28. The van der Waals surface area contributed by atoms with Gasteiger partial charge in [0.2, 0.25) is 0 Å². The molecular weight excluding hydrogens is 366 g/mol. The average Bonchev–Trinajstić information content (AvgIpc) is 2.68. The summed E-state index contributed by atoms with van der Waals surface area (Å²) in [7, 11) is 1.56. The molecule has 0 N–H and O–H groups in total. The van der Waals surface area contributed by atoms with E-state index >= 15 is 0 Å². The smallest absolute Gasteiger partial charge is 0.189 e. The number of nitrogens with zero attached hydrogens (tertiary/aromatic N) is 1. The second kappa shape index (κ2) is 11.9. The molecule has 29 heavy (non-hydrogen) atoms. The van der Waals surface area contributed by atoms with E-state index in [1.807, 2.05) is 52.0 Å². The van der Waals surface area contributed by atoms with Crippen molar-refractivity contribution in [1.29, 1.82) is 0 Å². The molecule has 0 aliphatic heterocycles. The van der Waals surface area contributed by atoms with Gasteiger partial charge in [-0.3, -0.25) is 0 Å². The van der Waals surface area contributed by atoms with Crippen LogP contribution in [0.2, 0.25) is 0 Å². The van der Waals surface area contributed by atoms with Gasteiger partial charge in [0.25, 0.3) is 0 Å². The zero-order valence-electron chi connectivity index (χ0n) is 18.0. The molecule has 0 fully saturated rings. The first-order valence-electron chi connectivity index (χ1n) is 9.73. The Hall–Kier alpha value is -2.79. The van der Waals surface area contributed by atoms with Gasteiger partial charge >= 0.3 is 0 Å². The van der Waals surface area contributed by atoms with Crippen molar-refractivity contribution in [2.75, 3.05) is 20.5 Å². The van der Waals surface area contributed by atoms with Crippen molar-refractivity contribution in [2.45, 2.75) is 40.7 Å². The van der Waals surface area contributed by atoms with Crippen molar-refractivity contribution in [3.05, 3.63) is 70.8 Å². The van der Waals surface area contributed by atoms with Gasteiger partial charge in [0, 0.05) is 6.42 Å². The summed E-state index contributed by atoms with van der Waals surface area (Å²) in [5, 5.41) is 3.93. The highest BCUT2D eigenvalue weighted by molar-refractivity contribution is 5.83. The molecule has 0 unspecified atom stereocenters. The molecule has 5 heteroatoms. The number of oxime groups is 1. The Morgan fingerprint density at radius 1 is 1.00 bits per heavy atom. The number of rotatable bonds is 11. The first-order chi connectivity index (χ1) is 14.0. The molecule has 5 nitrogen and oxygen atoms in total. The third kappa shape index (κ3) is 7.62. The van der Waals surface area contributed by atoms with E-state index in [1.165, 1.54) is 5.56 Å². The van der Waals surface area contributed by atoms with Gasteiger partial charge in [-0.25, -0.2) is 0 Å².